The molecule has 4 amide bonds. The number of anilines is 3. The van der Waals surface area contributed by atoms with E-state index in [1.54, 1.807) is 19.2 Å². The van der Waals surface area contributed by atoms with Gasteiger partial charge in [0, 0.05) is 50.2 Å². The van der Waals surface area contributed by atoms with E-state index in [1.165, 1.54) is 0 Å². The van der Waals surface area contributed by atoms with Gasteiger partial charge in [-0.25, -0.2) is 14.6 Å². The van der Waals surface area contributed by atoms with Gasteiger partial charge in [0.1, 0.15) is 0 Å². The first-order chi connectivity index (χ1) is 19.6. The van der Waals surface area contributed by atoms with E-state index >= 15 is 0 Å². The summed E-state index contributed by atoms with van der Waals surface area (Å²) in [6.45, 7) is 10.8. The number of carboxylic acid groups (broad SMARTS) is 1. The number of hydrogen-bond acceptors (Lipinski definition) is 5. The van der Waals surface area contributed by atoms with Crippen LogP contribution in [0.5, 0.6) is 0 Å². The fraction of sp³-hybridized carbons (Fsp3) is 0.467. The molecule has 1 aromatic heterocycles. The Hall–Kier alpha value is -4.28. The van der Waals surface area contributed by atoms with Crippen LogP contribution in [-0.2, 0) is 6.54 Å². The van der Waals surface area contributed by atoms with Gasteiger partial charge >= 0.3 is 12.1 Å². The Morgan fingerprint density at radius 3 is 2.17 bits per heavy atom. The summed E-state index contributed by atoms with van der Waals surface area (Å²) in [5.41, 5.74) is 3.53. The quantitative estimate of drug-likeness (QED) is 0.158. The van der Waals surface area contributed by atoms with Crippen molar-refractivity contribution in [3.05, 3.63) is 48.0 Å². The number of rotatable bonds is 14. The lowest BCUT2D eigenvalue weighted by atomic mass is 10.1. The summed E-state index contributed by atoms with van der Waals surface area (Å²) in [6.07, 6.45) is 1.34. The van der Waals surface area contributed by atoms with Gasteiger partial charge in [0.2, 0.25) is 5.95 Å². The summed E-state index contributed by atoms with van der Waals surface area (Å²) >= 11 is 0. The van der Waals surface area contributed by atoms with Gasteiger partial charge in [0.25, 0.3) is 5.91 Å². The van der Waals surface area contributed by atoms with E-state index in [4.69, 9.17) is 10.1 Å². The Morgan fingerprint density at radius 1 is 0.951 bits per heavy atom. The summed E-state index contributed by atoms with van der Waals surface area (Å²) in [5, 5.41) is 20.0. The normalized spacial score (nSPS) is 11.1. The van der Waals surface area contributed by atoms with Gasteiger partial charge in [-0.1, -0.05) is 27.7 Å². The zero-order chi connectivity index (χ0) is 29.9. The molecule has 222 valence electrons. The minimum Gasteiger partial charge on any atom is -0.465 e. The number of nitrogens with zero attached hydrogens (tertiary/aromatic N) is 3. The molecule has 2 aromatic carbocycles. The Labute approximate surface area is 241 Å². The van der Waals surface area contributed by atoms with E-state index in [1.807, 2.05) is 39.8 Å². The highest BCUT2D eigenvalue weighted by Gasteiger charge is 2.19. The number of carbonyl (C=O) groups excluding carboxylic acids is 2. The molecule has 0 saturated carbocycles. The van der Waals surface area contributed by atoms with E-state index in [2.05, 4.69) is 49.0 Å². The lowest BCUT2D eigenvalue weighted by Gasteiger charge is -2.24. The molecule has 3 aromatic rings. The first-order valence-corrected chi connectivity index (χ1v) is 14.2. The SMILES string of the molecule is CNC(=O)Nc1ccc(Nc2nc3ccc(C(=O)N(CCC(C)C)CCC(C)C)cc3n2CCCNC(=O)O)cc1. The van der Waals surface area contributed by atoms with Crippen molar-refractivity contribution in [2.45, 2.75) is 53.5 Å². The number of carbonyl (C=O) groups is 3. The molecule has 0 bridgehead atoms. The maximum atomic E-state index is 13.7. The average molecular weight is 566 g/mol. The van der Waals surface area contributed by atoms with Crippen molar-refractivity contribution >= 4 is 46.4 Å². The van der Waals surface area contributed by atoms with Gasteiger partial charge in [0.15, 0.2) is 0 Å². The second-order valence-electron chi connectivity index (χ2n) is 10.9. The number of hydrogen-bond donors (Lipinski definition) is 5. The molecule has 0 radical (unpaired) electrons. The van der Waals surface area contributed by atoms with Gasteiger partial charge in [-0.05, 0) is 73.6 Å². The van der Waals surface area contributed by atoms with Crippen LogP contribution in [0.4, 0.5) is 26.9 Å². The predicted octanol–water partition coefficient (Wildman–Crippen LogP) is 5.72. The molecule has 0 aliphatic rings. The highest BCUT2D eigenvalue weighted by molar-refractivity contribution is 5.98. The Kier molecular flexibility index (Phi) is 11.4. The van der Waals surface area contributed by atoms with E-state index in [-0.39, 0.29) is 18.5 Å². The highest BCUT2D eigenvalue weighted by Crippen LogP contribution is 2.26. The predicted molar refractivity (Wildman–Crippen MR) is 163 cm³/mol. The van der Waals surface area contributed by atoms with E-state index in [0.717, 1.165) is 29.6 Å². The lowest BCUT2D eigenvalue weighted by Crippen LogP contribution is -2.34. The van der Waals surface area contributed by atoms with Crippen LogP contribution in [0.15, 0.2) is 42.5 Å². The molecule has 0 spiro atoms. The minimum absolute atomic E-state index is 0.00204. The molecular weight excluding hydrogens is 522 g/mol. The van der Waals surface area contributed by atoms with Crippen LogP contribution < -0.4 is 21.3 Å². The molecule has 41 heavy (non-hydrogen) atoms. The van der Waals surface area contributed by atoms with Gasteiger partial charge in [0.05, 0.1) is 11.0 Å². The van der Waals surface area contributed by atoms with Crippen LogP contribution in [0.2, 0.25) is 0 Å². The third-order valence-corrected chi connectivity index (χ3v) is 6.70. The molecule has 1 heterocycles. The maximum absolute atomic E-state index is 13.7. The molecule has 0 aliphatic heterocycles. The Bertz CT molecular complexity index is 1310. The third kappa shape index (κ3) is 9.40. The lowest BCUT2D eigenvalue weighted by molar-refractivity contribution is 0.0741. The molecule has 0 unspecified atom stereocenters. The summed E-state index contributed by atoms with van der Waals surface area (Å²) < 4.78 is 1.97. The van der Waals surface area contributed by atoms with Crippen LogP contribution in [0.3, 0.4) is 0 Å². The number of nitrogens with one attached hydrogen (secondary N) is 4. The zero-order valence-electron chi connectivity index (χ0n) is 24.7. The summed E-state index contributed by atoms with van der Waals surface area (Å²) in [6, 6.07) is 12.5. The number of amides is 4. The molecule has 0 aliphatic carbocycles. The smallest absolute Gasteiger partial charge is 0.404 e. The second kappa shape index (κ2) is 14.9. The molecule has 0 fully saturated rings. The maximum Gasteiger partial charge on any atom is 0.404 e. The minimum atomic E-state index is -1.07. The van der Waals surface area contributed by atoms with Gasteiger partial charge < -0.3 is 35.8 Å². The van der Waals surface area contributed by atoms with E-state index in [0.29, 0.717) is 55.1 Å². The van der Waals surface area contributed by atoms with E-state index < -0.39 is 6.09 Å². The first-order valence-electron chi connectivity index (χ1n) is 14.2. The number of aryl methyl sites for hydroxylation is 1. The second-order valence-corrected chi connectivity index (χ2v) is 10.9. The van der Waals surface area contributed by atoms with Gasteiger partial charge in [-0.3, -0.25) is 4.79 Å². The molecule has 3 rings (SSSR count). The van der Waals surface area contributed by atoms with Gasteiger partial charge in [-0.2, -0.15) is 0 Å². The summed E-state index contributed by atoms with van der Waals surface area (Å²) in [7, 11) is 1.55. The molecular formula is C30H43N7O4. The van der Waals surface area contributed by atoms with Crippen LogP contribution >= 0.6 is 0 Å². The number of benzene rings is 2. The Morgan fingerprint density at radius 2 is 1.59 bits per heavy atom. The highest BCUT2D eigenvalue weighted by atomic mass is 16.4. The molecule has 5 N–H and O–H groups in total. The Balaban J connectivity index is 1.91. The summed E-state index contributed by atoms with van der Waals surface area (Å²) in [5.74, 6) is 1.57. The molecule has 11 nitrogen and oxygen atoms in total. The fourth-order valence-electron chi connectivity index (χ4n) is 4.30. The standard InChI is InChI=1S/C30H43N7O4/c1-20(2)13-17-36(18-14-21(3)4)27(38)22-7-12-25-26(19-22)37(16-6-15-32-30(40)41)28(35-25)33-23-8-10-24(11-9-23)34-29(39)31-5/h7-12,19-21,32H,6,13-18H2,1-5H3,(H,33,35)(H,40,41)(H2,31,34,39). The topological polar surface area (TPSA) is 141 Å². The largest absolute Gasteiger partial charge is 0.465 e. The number of aromatic nitrogens is 2. The van der Waals surface area contributed by atoms with Crippen molar-refractivity contribution in [3.63, 3.8) is 0 Å². The van der Waals surface area contributed by atoms with E-state index in [9.17, 15) is 14.4 Å². The van der Waals surface area contributed by atoms with Crippen molar-refractivity contribution in [1.29, 1.82) is 0 Å². The van der Waals surface area contributed by atoms with Crippen LogP contribution in [0, 0.1) is 11.8 Å². The molecule has 11 heteroatoms. The first kappa shape index (κ1) is 31.3. The zero-order valence-corrected chi connectivity index (χ0v) is 24.7. The van der Waals surface area contributed by atoms with Crippen molar-refractivity contribution in [2.75, 3.05) is 37.3 Å². The number of fused-ring (bicyclic) bond motifs is 1. The fourth-order valence-corrected chi connectivity index (χ4v) is 4.30. The van der Waals surface area contributed by atoms with Crippen molar-refractivity contribution in [1.82, 2.24) is 25.1 Å². The van der Waals surface area contributed by atoms with Crippen LogP contribution in [-0.4, -0.2) is 64.3 Å². The van der Waals surface area contributed by atoms with Gasteiger partial charge in [-0.15, -0.1) is 0 Å². The summed E-state index contributed by atoms with van der Waals surface area (Å²) in [4.78, 5) is 42.9. The van der Waals surface area contributed by atoms with Crippen LogP contribution in [0.1, 0.15) is 57.3 Å². The third-order valence-electron chi connectivity index (χ3n) is 6.70. The van der Waals surface area contributed by atoms with Crippen LogP contribution in [0.25, 0.3) is 11.0 Å². The molecule has 0 saturated heterocycles. The van der Waals surface area contributed by atoms with Crippen molar-refractivity contribution in [2.24, 2.45) is 11.8 Å². The molecule has 0 atom stereocenters. The number of imidazole rings is 1. The number of urea groups is 1. The van der Waals surface area contributed by atoms with Crippen molar-refractivity contribution in [3.8, 4) is 0 Å². The average Bonchev–Trinajstić information content (AvgIpc) is 3.27. The van der Waals surface area contributed by atoms with Crippen molar-refractivity contribution < 1.29 is 19.5 Å². The monoisotopic (exact) mass is 565 g/mol.